The average Bonchev–Trinajstić information content (AvgIpc) is 2.98. The lowest BCUT2D eigenvalue weighted by Crippen LogP contribution is -2.29. The van der Waals surface area contributed by atoms with Crippen molar-refractivity contribution in [2.75, 3.05) is 13.1 Å². The minimum atomic E-state index is -3.32. The SMILES string of the molecule is O=S(=O)(c1cscn1)N1C[C@H]2CCCC[C@H]2C1. The molecule has 6 heteroatoms. The van der Waals surface area contributed by atoms with E-state index in [4.69, 9.17) is 0 Å². The number of thiazole rings is 1. The van der Waals surface area contributed by atoms with Gasteiger partial charge < -0.3 is 0 Å². The van der Waals surface area contributed by atoms with Gasteiger partial charge in [-0.2, -0.15) is 4.31 Å². The summed E-state index contributed by atoms with van der Waals surface area (Å²) in [5.41, 5.74) is 1.58. The van der Waals surface area contributed by atoms with Crippen LogP contribution in [-0.2, 0) is 10.0 Å². The molecule has 2 atom stereocenters. The Kier molecular flexibility index (Phi) is 2.96. The molecular weight excluding hydrogens is 256 g/mol. The normalized spacial score (nSPS) is 30.4. The molecule has 2 heterocycles. The molecule has 0 unspecified atom stereocenters. The van der Waals surface area contributed by atoms with Crippen LogP contribution >= 0.6 is 11.3 Å². The molecule has 1 aromatic rings. The fourth-order valence-electron chi connectivity index (χ4n) is 3.02. The third-order valence-electron chi connectivity index (χ3n) is 3.96. The van der Waals surface area contributed by atoms with Crippen molar-refractivity contribution in [3.8, 4) is 0 Å². The predicted molar refractivity (Wildman–Crippen MR) is 66.3 cm³/mol. The van der Waals surface area contributed by atoms with Crippen molar-refractivity contribution in [1.82, 2.24) is 9.29 Å². The van der Waals surface area contributed by atoms with Gasteiger partial charge in [0.05, 0.1) is 5.51 Å². The highest BCUT2D eigenvalue weighted by Gasteiger charge is 2.40. The van der Waals surface area contributed by atoms with Crippen molar-refractivity contribution in [2.24, 2.45) is 11.8 Å². The number of nitrogens with zero attached hydrogens (tertiary/aromatic N) is 2. The van der Waals surface area contributed by atoms with E-state index in [9.17, 15) is 8.42 Å². The molecule has 0 radical (unpaired) electrons. The van der Waals surface area contributed by atoms with Crippen LogP contribution in [-0.4, -0.2) is 30.8 Å². The molecule has 3 rings (SSSR count). The molecule has 1 aliphatic carbocycles. The average molecular weight is 272 g/mol. The van der Waals surface area contributed by atoms with Crippen LogP contribution in [0.4, 0.5) is 0 Å². The highest BCUT2D eigenvalue weighted by Crippen LogP contribution is 2.38. The highest BCUT2D eigenvalue weighted by atomic mass is 32.2. The highest BCUT2D eigenvalue weighted by molar-refractivity contribution is 7.89. The van der Waals surface area contributed by atoms with Crippen molar-refractivity contribution in [3.63, 3.8) is 0 Å². The lowest BCUT2D eigenvalue weighted by Gasteiger charge is -2.22. The van der Waals surface area contributed by atoms with Gasteiger partial charge in [-0.05, 0) is 24.7 Å². The van der Waals surface area contributed by atoms with Crippen molar-refractivity contribution in [1.29, 1.82) is 0 Å². The Bertz CT molecular complexity index is 470. The molecule has 0 bridgehead atoms. The van der Waals surface area contributed by atoms with E-state index in [1.165, 1.54) is 37.0 Å². The van der Waals surface area contributed by atoms with E-state index in [0.717, 1.165) is 0 Å². The molecule has 1 saturated heterocycles. The van der Waals surface area contributed by atoms with Crippen molar-refractivity contribution < 1.29 is 8.42 Å². The first-order valence-electron chi connectivity index (χ1n) is 6.06. The number of hydrogen-bond donors (Lipinski definition) is 0. The van der Waals surface area contributed by atoms with Crippen LogP contribution in [0, 0.1) is 11.8 Å². The summed E-state index contributed by atoms with van der Waals surface area (Å²) in [4.78, 5) is 3.94. The topological polar surface area (TPSA) is 50.3 Å². The summed E-state index contributed by atoms with van der Waals surface area (Å²) in [6.07, 6.45) is 4.89. The summed E-state index contributed by atoms with van der Waals surface area (Å²) in [6, 6.07) is 0. The van der Waals surface area contributed by atoms with Gasteiger partial charge in [0, 0.05) is 18.5 Å². The van der Waals surface area contributed by atoms with Crippen LogP contribution in [0.1, 0.15) is 25.7 Å². The second-order valence-corrected chi connectivity index (χ2v) is 7.56. The number of rotatable bonds is 2. The van der Waals surface area contributed by atoms with Gasteiger partial charge in [-0.3, -0.25) is 0 Å². The Morgan fingerprint density at radius 1 is 1.24 bits per heavy atom. The van der Waals surface area contributed by atoms with Crippen molar-refractivity contribution in [3.05, 3.63) is 10.9 Å². The molecular formula is C11H16N2O2S2. The smallest absolute Gasteiger partial charge is 0.232 e. The Hall–Kier alpha value is -0.460. The standard InChI is InChI=1S/C11H16N2O2S2/c14-17(15,11-7-16-8-12-11)13-5-9-3-1-2-4-10(9)6-13/h7-10H,1-6H2/t9-,10+. The first kappa shape index (κ1) is 11.6. The monoisotopic (exact) mass is 272 g/mol. The molecule has 0 aromatic carbocycles. The zero-order chi connectivity index (χ0) is 11.9. The second kappa shape index (κ2) is 4.33. The predicted octanol–water partition coefficient (Wildman–Crippen LogP) is 1.95. The van der Waals surface area contributed by atoms with Crippen LogP contribution < -0.4 is 0 Å². The fraction of sp³-hybridized carbons (Fsp3) is 0.727. The van der Waals surface area contributed by atoms with E-state index in [2.05, 4.69) is 4.98 Å². The number of fused-ring (bicyclic) bond motifs is 1. The Morgan fingerprint density at radius 3 is 2.41 bits per heavy atom. The van der Waals surface area contributed by atoms with Crippen LogP contribution in [0.15, 0.2) is 15.9 Å². The van der Waals surface area contributed by atoms with Gasteiger partial charge in [-0.15, -0.1) is 11.3 Å². The van der Waals surface area contributed by atoms with Crippen molar-refractivity contribution >= 4 is 21.4 Å². The van der Waals surface area contributed by atoms with Crippen LogP contribution in [0.25, 0.3) is 0 Å². The fourth-order valence-corrected chi connectivity index (χ4v) is 5.38. The summed E-state index contributed by atoms with van der Waals surface area (Å²) in [6.45, 7) is 1.40. The molecule has 0 N–H and O–H groups in total. The van der Waals surface area contributed by atoms with Crippen LogP contribution in [0.2, 0.25) is 0 Å². The van der Waals surface area contributed by atoms with E-state index in [0.29, 0.717) is 24.9 Å². The Morgan fingerprint density at radius 2 is 1.88 bits per heavy atom. The summed E-state index contributed by atoms with van der Waals surface area (Å²) in [5.74, 6) is 1.16. The second-order valence-electron chi connectivity index (χ2n) is 4.95. The quantitative estimate of drug-likeness (QED) is 0.827. The lowest BCUT2D eigenvalue weighted by molar-refractivity contribution is 0.299. The summed E-state index contributed by atoms with van der Waals surface area (Å²) < 4.78 is 26.3. The lowest BCUT2D eigenvalue weighted by atomic mass is 9.82. The van der Waals surface area contributed by atoms with Gasteiger partial charge in [-0.25, -0.2) is 13.4 Å². The third-order valence-corrected chi connectivity index (χ3v) is 6.42. The molecule has 2 aliphatic rings. The largest absolute Gasteiger partial charge is 0.261 e. The van der Waals surface area contributed by atoms with Gasteiger partial charge >= 0.3 is 0 Å². The van der Waals surface area contributed by atoms with Gasteiger partial charge in [0.2, 0.25) is 0 Å². The maximum atomic E-state index is 12.3. The van der Waals surface area contributed by atoms with E-state index < -0.39 is 10.0 Å². The van der Waals surface area contributed by atoms with E-state index in [1.54, 1.807) is 15.2 Å². The Labute approximate surface area is 106 Å². The zero-order valence-corrected chi connectivity index (χ0v) is 11.2. The molecule has 2 fully saturated rings. The summed E-state index contributed by atoms with van der Waals surface area (Å²) in [5, 5.41) is 1.85. The summed E-state index contributed by atoms with van der Waals surface area (Å²) >= 11 is 1.33. The first-order chi connectivity index (χ1) is 8.18. The molecule has 94 valence electrons. The van der Waals surface area contributed by atoms with Crippen molar-refractivity contribution in [2.45, 2.75) is 30.7 Å². The first-order valence-corrected chi connectivity index (χ1v) is 8.44. The molecule has 4 nitrogen and oxygen atoms in total. The third kappa shape index (κ3) is 2.02. The number of aromatic nitrogens is 1. The maximum Gasteiger partial charge on any atom is 0.261 e. The van der Waals surface area contributed by atoms with Gasteiger partial charge in [0.15, 0.2) is 5.03 Å². The number of sulfonamides is 1. The molecule has 0 amide bonds. The minimum absolute atomic E-state index is 0.223. The molecule has 17 heavy (non-hydrogen) atoms. The van der Waals surface area contributed by atoms with E-state index >= 15 is 0 Å². The number of hydrogen-bond acceptors (Lipinski definition) is 4. The van der Waals surface area contributed by atoms with Gasteiger partial charge in [0.1, 0.15) is 0 Å². The zero-order valence-electron chi connectivity index (χ0n) is 9.58. The summed E-state index contributed by atoms with van der Waals surface area (Å²) in [7, 11) is -3.32. The molecule has 1 aliphatic heterocycles. The minimum Gasteiger partial charge on any atom is -0.232 e. The maximum absolute atomic E-state index is 12.3. The van der Waals surface area contributed by atoms with E-state index in [1.807, 2.05) is 0 Å². The molecule has 1 aromatic heterocycles. The Balaban J connectivity index is 1.82. The van der Waals surface area contributed by atoms with Gasteiger partial charge in [-0.1, -0.05) is 12.8 Å². The van der Waals surface area contributed by atoms with E-state index in [-0.39, 0.29) is 5.03 Å². The van der Waals surface area contributed by atoms with Crippen LogP contribution in [0.5, 0.6) is 0 Å². The van der Waals surface area contributed by atoms with Crippen LogP contribution in [0.3, 0.4) is 0 Å². The molecule has 0 spiro atoms. The van der Waals surface area contributed by atoms with Gasteiger partial charge in [0.25, 0.3) is 10.0 Å². The molecule has 1 saturated carbocycles.